The van der Waals surface area contributed by atoms with E-state index >= 15 is 0 Å². The molecule has 27 heavy (non-hydrogen) atoms. The van der Waals surface area contributed by atoms with Crippen molar-refractivity contribution in [2.24, 2.45) is 0 Å². The van der Waals surface area contributed by atoms with Gasteiger partial charge in [0.05, 0.1) is 6.26 Å². The summed E-state index contributed by atoms with van der Waals surface area (Å²) in [6.45, 7) is 4.10. The van der Waals surface area contributed by atoms with Crippen LogP contribution in [-0.2, 0) is 14.9 Å². The molecule has 0 N–H and O–H groups in total. The molecule has 2 fully saturated rings. The van der Waals surface area contributed by atoms with Crippen LogP contribution in [-0.4, -0.2) is 62.6 Å². The van der Waals surface area contributed by atoms with Crippen LogP contribution in [0.3, 0.4) is 0 Å². The maximum Gasteiger partial charge on any atom is 0.306 e. The van der Waals surface area contributed by atoms with E-state index in [9.17, 15) is 13.2 Å². The average Bonchev–Trinajstić information content (AvgIpc) is 3.09. The van der Waals surface area contributed by atoms with Gasteiger partial charge >= 0.3 is 10.1 Å². The third-order valence-corrected chi connectivity index (χ3v) is 5.62. The second-order valence-corrected chi connectivity index (χ2v) is 8.95. The second kappa shape index (κ2) is 8.89. The summed E-state index contributed by atoms with van der Waals surface area (Å²) in [5.41, 5.74) is 0.830. The number of likely N-dealkylation sites (tertiary alicyclic amines) is 2. The molecular weight excluding hydrogens is 364 g/mol. The fourth-order valence-corrected chi connectivity index (χ4v) is 4.29. The molecule has 0 saturated carbocycles. The molecule has 1 unspecified atom stereocenters. The van der Waals surface area contributed by atoms with E-state index in [1.807, 2.05) is 4.90 Å². The Labute approximate surface area is 161 Å². The fraction of sp³-hybridized carbons (Fsp3) is 0.550. The lowest BCUT2D eigenvalue weighted by molar-refractivity contribution is -0.127. The molecular formula is C20H28N2O4S. The summed E-state index contributed by atoms with van der Waals surface area (Å²) in [5, 5.41) is 0. The van der Waals surface area contributed by atoms with Gasteiger partial charge in [0.1, 0.15) is 5.75 Å². The Balaban J connectivity index is 1.56. The standard InChI is InChI=1S/C20H28N2O4S/c1-27(24,25)26-19-10-7-17(8-11-19)9-12-20(23)22-15-5-6-18(22)16-21-13-3-2-4-14-21/h7-12,18H,2-6,13-16H2,1H3/b12-9+. The highest BCUT2D eigenvalue weighted by Crippen LogP contribution is 2.21. The minimum absolute atomic E-state index is 0.0472. The zero-order valence-corrected chi connectivity index (χ0v) is 16.7. The number of carbonyl (C=O) groups excluding carboxylic acids is 1. The molecule has 148 valence electrons. The van der Waals surface area contributed by atoms with Crippen LogP contribution in [0, 0.1) is 0 Å². The van der Waals surface area contributed by atoms with E-state index in [0.717, 1.165) is 50.8 Å². The van der Waals surface area contributed by atoms with Crippen LogP contribution in [0.2, 0.25) is 0 Å². The van der Waals surface area contributed by atoms with Crippen molar-refractivity contribution in [3.63, 3.8) is 0 Å². The molecule has 0 aliphatic carbocycles. The first-order chi connectivity index (χ1) is 12.9. The van der Waals surface area contributed by atoms with Crippen molar-refractivity contribution in [3.05, 3.63) is 35.9 Å². The van der Waals surface area contributed by atoms with Crippen LogP contribution in [0.5, 0.6) is 5.75 Å². The number of amides is 1. The Kier molecular flexibility index (Phi) is 6.55. The minimum atomic E-state index is -3.53. The van der Waals surface area contributed by atoms with Crippen molar-refractivity contribution in [2.45, 2.75) is 38.1 Å². The van der Waals surface area contributed by atoms with Crippen LogP contribution >= 0.6 is 0 Å². The molecule has 1 aromatic rings. The smallest absolute Gasteiger partial charge is 0.306 e. The van der Waals surface area contributed by atoms with Gasteiger partial charge in [-0.05, 0) is 62.5 Å². The van der Waals surface area contributed by atoms with Gasteiger partial charge in [-0.2, -0.15) is 8.42 Å². The number of nitrogens with zero attached hydrogens (tertiary/aromatic N) is 2. The van der Waals surface area contributed by atoms with Gasteiger partial charge in [0.2, 0.25) is 5.91 Å². The van der Waals surface area contributed by atoms with E-state index in [1.165, 1.54) is 19.3 Å². The molecule has 2 saturated heterocycles. The molecule has 2 heterocycles. The lowest BCUT2D eigenvalue weighted by atomic mass is 10.1. The summed E-state index contributed by atoms with van der Waals surface area (Å²) in [5.74, 6) is 0.313. The van der Waals surface area contributed by atoms with Crippen LogP contribution in [0.25, 0.3) is 6.08 Å². The van der Waals surface area contributed by atoms with E-state index in [1.54, 1.807) is 36.4 Å². The third kappa shape index (κ3) is 6.07. The van der Waals surface area contributed by atoms with Crippen molar-refractivity contribution in [3.8, 4) is 5.75 Å². The first-order valence-corrected chi connectivity index (χ1v) is 11.4. The number of benzene rings is 1. The van der Waals surface area contributed by atoms with Crippen LogP contribution in [0.1, 0.15) is 37.7 Å². The molecule has 1 amide bonds. The molecule has 0 bridgehead atoms. The zero-order valence-electron chi connectivity index (χ0n) is 15.8. The summed E-state index contributed by atoms with van der Waals surface area (Å²) in [7, 11) is -3.53. The summed E-state index contributed by atoms with van der Waals surface area (Å²) < 4.78 is 27.1. The van der Waals surface area contributed by atoms with E-state index in [4.69, 9.17) is 4.18 Å². The van der Waals surface area contributed by atoms with Crippen LogP contribution < -0.4 is 4.18 Å². The normalized spacial score (nSPS) is 21.7. The molecule has 1 aromatic carbocycles. The highest BCUT2D eigenvalue weighted by Gasteiger charge is 2.29. The minimum Gasteiger partial charge on any atom is -0.383 e. The van der Waals surface area contributed by atoms with Gasteiger partial charge in [-0.15, -0.1) is 0 Å². The van der Waals surface area contributed by atoms with E-state index in [0.29, 0.717) is 6.04 Å². The van der Waals surface area contributed by atoms with Gasteiger partial charge in [0, 0.05) is 25.2 Å². The van der Waals surface area contributed by atoms with Gasteiger partial charge in [-0.1, -0.05) is 18.6 Å². The summed E-state index contributed by atoms with van der Waals surface area (Å²) in [6.07, 6.45) is 10.4. The van der Waals surface area contributed by atoms with Crippen molar-refractivity contribution in [1.29, 1.82) is 0 Å². The molecule has 0 spiro atoms. The van der Waals surface area contributed by atoms with Crippen LogP contribution in [0.15, 0.2) is 30.3 Å². The van der Waals surface area contributed by atoms with Gasteiger partial charge in [0.15, 0.2) is 0 Å². The number of piperidine rings is 1. The molecule has 6 nitrogen and oxygen atoms in total. The Morgan fingerprint density at radius 3 is 2.48 bits per heavy atom. The van der Waals surface area contributed by atoms with Gasteiger partial charge < -0.3 is 14.0 Å². The van der Waals surface area contributed by atoms with Gasteiger partial charge in [0.25, 0.3) is 0 Å². The zero-order chi connectivity index (χ0) is 19.3. The summed E-state index contributed by atoms with van der Waals surface area (Å²) >= 11 is 0. The second-order valence-electron chi connectivity index (χ2n) is 7.38. The Bertz CT molecular complexity index is 768. The first-order valence-electron chi connectivity index (χ1n) is 9.61. The lowest BCUT2D eigenvalue weighted by Crippen LogP contribution is -2.44. The van der Waals surface area contributed by atoms with Crippen LogP contribution in [0.4, 0.5) is 0 Å². The quantitative estimate of drug-likeness (QED) is 0.550. The largest absolute Gasteiger partial charge is 0.383 e. The Hall–Kier alpha value is -1.86. The highest BCUT2D eigenvalue weighted by molar-refractivity contribution is 7.86. The van der Waals surface area contributed by atoms with Crippen molar-refractivity contribution < 1.29 is 17.4 Å². The maximum atomic E-state index is 12.6. The summed E-state index contributed by atoms with van der Waals surface area (Å²) in [4.78, 5) is 17.1. The van der Waals surface area contributed by atoms with Crippen molar-refractivity contribution >= 4 is 22.1 Å². The predicted molar refractivity (Wildman–Crippen MR) is 106 cm³/mol. The molecule has 7 heteroatoms. The topological polar surface area (TPSA) is 66.9 Å². The fourth-order valence-electron chi connectivity index (χ4n) is 3.83. The molecule has 3 rings (SSSR count). The Morgan fingerprint density at radius 1 is 1.11 bits per heavy atom. The summed E-state index contributed by atoms with van der Waals surface area (Å²) in [6, 6.07) is 6.95. The number of hydrogen-bond acceptors (Lipinski definition) is 5. The van der Waals surface area contributed by atoms with E-state index < -0.39 is 10.1 Å². The number of carbonyl (C=O) groups is 1. The monoisotopic (exact) mass is 392 g/mol. The first kappa shape index (κ1) is 19.9. The van der Waals surface area contributed by atoms with Gasteiger partial charge in [-0.3, -0.25) is 4.79 Å². The third-order valence-electron chi connectivity index (χ3n) is 5.12. The molecule has 0 radical (unpaired) electrons. The van der Waals surface area contributed by atoms with Gasteiger partial charge in [-0.25, -0.2) is 0 Å². The number of rotatable bonds is 6. The molecule has 2 aliphatic heterocycles. The maximum absolute atomic E-state index is 12.6. The molecule has 2 aliphatic rings. The average molecular weight is 393 g/mol. The SMILES string of the molecule is CS(=O)(=O)Oc1ccc(/C=C/C(=O)N2CCCC2CN2CCCCC2)cc1. The van der Waals surface area contributed by atoms with E-state index in [-0.39, 0.29) is 11.7 Å². The predicted octanol–water partition coefficient (Wildman–Crippen LogP) is 2.52. The van der Waals surface area contributed by atoms with E-state index in [2.05, 4.69) is 4.90 Å². The highest BCUT2D eigenvalue weighted by atomic mass is 32.2. The molecule has 1 atom stereocenters. The Morgan fingerprint density at radius 2 is 1.81 bits per heavy atom. The lowest BCUT2D eigenvalue weighted by Gasteiger charge is -2.32. The van der Waals surface area contributed by atoms with Crippen molar-refractivity contribution in [1.82, 2.24) is 9.80 Å². The van der Waals surface area contributed by atoms with Crippen molar-refractivity contribution in [2.75, 3.05) is 32.4 Å². The molecule has 0 aromatic heterocycles. The number of hydrogen-bond donors (Lipinski definition) is 0.